The summed E-state index contributed by atoms with van der Waals surface area (Å²) in [6, 6.07) is 9.83. The third-order valence-electron chi connectivity index (χ3n) is 4.13. The Hall–Kier alpha value is -2.18. The second kappa shape index (κ2) is 7.60. The van der Waals surface area contributed by atoms with Gasteiger partial charge in [0.25, 0.3) is 0 Å². The van der Waals surface area contributed by atoms with Crippen molar-refractivity contribution in [3.63, 3.8) is 0 Å². The van der Waals surface area contributed by atoms with Crippen LogP contribution in [-0.4, -0.2) is 27.7 Å². The van der Waals surface area contributed by atoms with Crippen molar-refractivity contribution in [1.29, 1.82) is 0 Å². The van der Waals surface area contributed by atoms with Crippen molar-refractivity contribution in [1.82, 2.24) is 14.5 Å². The molecular weight excluding hydrogens is 370 g/mol. The average molecular weight is 388 g/mol. The van der Waals surface area contributed by atoms with Crippen molar-refractivity contribution in [3.8, 4) is 22.8 Å². The molecule has 7 heteroatoms. The highest BCUT2D eigenvalue weighted by Gasteiger charge is 2.16. The predicted octanol–water partition coefficient (Wildman–Crippen LogP) is 4.68. The summed E-state index contributed by atoms with van der Waals surface area (Å²) in [7, 11) is 0. The van der Waals surface area contributed by atoms with Crippen LogP contribution in [0.2, 0.25) is 5.15 Å². The van der Waals surface area contributed by atoms with Gasteiger partial charge >= 0.3 is 0 Å². The van der Waals surface area contributed by atoms with Gasteiger partial charge in [-0.05, 0) is 36.8 Å². The Labute approximate surface area is 161 Å². The number of benzene rings is 1. The minimum Gasteiger partial charge on any atom is -0.486 e. The highest BCUT2D eigenvalue weighted by molar-refractivity contribution is 7.98. The standard InChI is InChI=1S/C19H18ClN3O2S/c1-2-23-15(14-4-5-16-17(9-14)25-8-7-24-16)11-22-19(23)26-12-13-3-6-18(20)21-10-13/h3-6,9-11H,2,7-8,12H2,1H3. The highest BCUT2D eigenvalue weighted by Crippen LogP contribution is 2.36. The first-order valence-corrected chi connectivity index (χ1v) is 9.79. The van der Waals surface area contributed by atoms with Crippen LogP contribution in [0.25, 0.3) is 11.3 Å². The number of hydrogen-bond donors (Lipinski definition) is 0. The van der Waals surface area contributed by atoms with Gasteiger partial charge in [-0.2, -0.15) is 0 Å². The van der Waals surface area contributed by atoms with Crippen LogP contribution in [-0.2, 0) is 12.3 Å². The summed E-state index contributed by atoms with van der Waals surface area (Å²) in [5.41, 5.74) is 3.26. The van der Waals surface area contributed by atoms with E-state index in [9.17, 15) is 0 Å². The smallest absolute Gasteiger partial charge is 0.168 e. The van der Waals surface area contributed by atoms with Crippen LogP contribution in [0.15, 0.2) is 47.9 Å². The van der Waals surface area contributed by atoms with Crippen molar-refractivity contribution in [3.05, 3.63) is 53.4 Å². The first-order chi connectivity index (χ1) is 12.7. The molecule has 3 heterocycles. The fraction of sp³-hybridized carbons (Fsp3) is 0.263. The van der Waals surface area contributed by atoms with E-state index in [4.69, 9.17) is 21.1 Å². The second-order valence-corrected chi connectivity index (χ2v) is 7.14. The molecule has 4 rings (SSSR count). The number of halogens is 1. The van der Waals surface area contributed by atoms with Crippen LogP contribution in [0.4, 0.5) is 0 Å². The Bertz CT molecular complexity index is 912. The van der Waals surface area contributed by atoms with Crippen LogP contribution in [0.3, 0.4) is 0 Å². The number of hydrogen-bond acceptors (Lipinski definition) is 5. The van der Waals surface area contributed by atoms with E-state index in [-0.39, 0.29) is 0 Å². The number of ether oxygens (including phenoxy) is 2. The largest absolute Gasteiger partial charge is 0.486 e. The van der Waals surface area contributed by atoms with Crippen LogP contribution in [0.5, 0.6) is 11.5 Å². The molecule has 2 aromatic heterocycles. The molecule has 0 saturated carbocycles. The molecule has 0 bridgehead atoms. The maximum atomic E-state index is 5.84. The third-order valence-corrected chi connectivity index (χ3v) is 5.41. The molecule has 1 aliphatic heterocycles. The molecule has 0 unspecified atom stereocenters. The Morgan fingerprint density at radius 1 is 1.08 bits per heavy atom. The van der Waals surface area contributed by atoms with Crippen LogP contribution >= 0.6 is 23.4 Å². The molecule has 0 radical (unpaired) electrons. The van der Waals surface area contributed by atoms with Gasteiger partial charge in [-0.15, -0.1) is 0 Å². The Morgan fingerprint density at radius 3 is 2.69 bits per heavy atom. The molecule has 0 atom stereocenters. The van der Waals surface area contributed by atoms with Gasteiger partial charge in [0.1, 0.15) is 18.4 Å². The van der Waals surface area contributed by atoms with Gasteiger partial charge < -0.3 is 14.0 Å². The molecule has 1 aliphatic rings. The van der Waals surface area contributed by atoms with Crippen molar-refractivity contribution < 1.29 is 9.47 Å². The zero-order valence-corrected chi connectivity index (χ0v) is 15.9. The Morgan fingerprint density at radius 2 is 1.92 bits per heavy atom. The summed E-state index contributed by atoms with van der Waals surface area (Å²) >= 11 is 7.53. The molecule has 134 valence electrons. The SMILES string of the molecule is CCn1c(-c2ccc3c(c2)OCCO3)cnc1SCc1ccc(Cl)nc1. The van der Waals surface area contributed by atoms with Crippen molar-refractivity contribution in [2.75, 3.05) is 13.2 Å². The molecule has 0 spiro atoms. The van der Waals surface area contributed by atoms with E-state index in [0.29, 0.717) is 18.4 Å². The lowest BCUT2D eigenvalue weighted by Gasteiger charge is -2.19. The number of thioether (sulfide) groups is 1. The summed E-state index contributed by atoms with van der Waals surface area (Å²) in [4.78, 5) is 8.74. The molecule has 1 aromatic carbocycles. The molecular formula is C19H18ClN3O2S. The molecule has 3 aromatic rings. The van der Waals surface area contributed by atoms with E-state index in [0.717, 1.165) is 45.8 Å². The Kier molecular flexibility index (Phi) is 5.04. The molecule has 0 aliphatic carbocycles. The molecule has 0 amide bonds. The van der Waals surface area contributed by atoms with Crippen LogP contribution < -0.4 is 9.47 Å². The van der Waals surface area contributed by atoms with E-state index in [1.807, 2.05) is 36.5 Å². The maximum Gasteiger partial charge on any atom is 0.168 e. The quantitative estimate of drug-likeness (QED) is 0.470. The van der Waals surface area contributed by atoms with E-state index in [1.165, 1.54) is 0 Å². The van der Waals surface area contributed by atoms with Gasteiger partial charge in [0, 0.05) is 24.1 Å². The second-order valence-electron chi connectivity index (χ2n) is 5.81. The predicted molar refractivity (Wildman–Crippen MR) is 103 cm³/mol. The van der Waals surface area contributed by atoms with Crippen molar-refractivity contribution in [2.24, 2.45) is 0 Å². The van der Waals surface area contributed by atoms with Gasteiger partial charge in [0.15, 0.2) is 16.7 Å². The van der Waals surface area contributed by atoms with E-state index >= 15 is 0 Å². The summed E-state index contributed by atoms with van der Waals surface area (Å²) in [5.74, 6) is 2.38. The molecule has 26 heavy (non-hydrogen) atoms. The highest BCUT2D eigenvalue weighted by atomic mass is 35.5. The molecule has 0 fully saturated rings. The molecule has 0 saturated heterocycles. The lowest BCUT2D eigenvalue weighted by Crippen LogP contribution is -2.15. The van der Waals surface area contributed by atoms with Gasteiger partial charge in [-0.3, -0.25) is 0 Å². The summed E-state index contributed by atoms with van der Waals surface area (Å²) in [6.45, 7) is 4.14. The first-order valence-electron chi connectivity index (χ1n) is 8.43. The Balaban J connectivity index is 1.57. The number of imidazole rings is 1. The van der Waals surface area contributed by atoms with Gasteiger partial charge in [-0.25, -0.2) is 9.97 Å². The fourth-order valence-corrected chi connectivity index (χ4v) is 3.94. The lowest BCUT2D eigenvalue weighted by molar-refractivity contribution is 0.171. The lowest BCUT2D eigenvalue weighted by atomic mass is 10.1. The zero-order valence-electron chi connectivity index (χ0n) is 14.3. The first kappa shape index (κ1) is 17.2. The minimum atomic E-state index is 0.509. The van der Waals surface area contributed by atoms with Crippen LogP contribution in [0, 0.1) is 0 Å². The monoisotopic (exact) mass is 387 g/mol. The van der Waals surface area contributed by atoms with Gasteiger partial charge in [0.05, 0.1) is 11.9 Å². The number of aromatic nitrogens is 3. The maximum absolute atomic E-state index is 5.84. The van der Waals surface area contributed by atoms with E-state index in [2.05, 4.69) is 21.5 Å². The number of fused-ring (bicyclic) bond motifs is 1. The summed E-state index contributed by atoms with van der Waals surface area (Å²) in [6.07, 6.45) is 3.72. The van der Waals surface area contributed by atoms with Gasteiger partial charge in [0.2, 0.25) is 0 Å². The minimum absolute atomic E-state index is 0.509. The topological polar surface area (TPSA) is 49.2 Å². The van der Waals surface area contributed by atoms with Crippen molar-refractivity contribution >= 4 is 23.4 Å². The van der Waals surface area contributed by atoms with E-state index < -0.39 is 0 Å². The number of nitrogens with zero attached hydrogens (tertiary/aromatic N) is 3. The van der Waals surface area contributed by atoms with Crippen molar-refractivity contribution in [2.45, 2.75) is 24.4 Å². The average Bonchev–Trinajstić information content (AvgIpc) is 3.10. The summed E-state index contributed by atoms with van der Waals surface area (Å²) < 4.78 is 13.5. The number of pyridine rings is 1. The molecule has 0 N–H and O–H groups in total. The normalized spacial score (nSPS) is 13.0. The molecule has 5 nitrogen and oxygen atoms in total. The fourth-order valence-electron chi connectivity index (χ4n) is 2.85. The van der Waals surface area contributed by atoms with Gasteiger partial charge in [-0.1, -0.05) is 29.4 Å². The van der Waals surface area contributed by atoms with E-state index in [1.54, 1.807) is 18.0 Å². The third kappa shape index (κ3) is 3.52. The summed E-state index contributed by atoms with van der Waals surface area (Å²) in [5, 5.41) is 1.49. The number of rotatable bonds is 5. The van der Waals surface area contributed by atoms with Crippen LogP contribution in [0.1, 0.15) is 12.5 Å². The zero-order chi connectivity index (χ0) is 17.9.